The summed E-state index contributed by atoms with van der Waals surface area (Å²) < 4.78 is 36.3. The second-order valence-electron chi connectivity index (χ2n) is 13.2. The Hall–Kier alpha value is -4.27. The molecule has 2 bridgehead atoms. The first-order valence-corrected chi connectivity index (χ1v) is 15.9. The van der Waals surface area contributed by atoms with Crippen LogP contribution < -0.4 is 19.9 Å². The molecule has 2 N–H and O–H groups in total. The van der Waals surface area contributed by atoms with Gasteiger partial charge >= 0.3 is 6.01 Å². The molecule has 2 aromatic heterocycles. The quantitative estimate of drug-likeness (QED) is 0.316. The molecule has 11 heteroatoms. The first kappa shape index (κ1) is 27.1. The van der Waals surface area contributed by atoms with Crippen molar-refractivity contribution in [2.45, 2.75) is 55.9 Å². The molecule has 45 heavy (non-hydrogen) atoms. The van der Waals surface area contributed by atoms with Gasteiger partial charge in [0.25, 0.3) is 0 Å². The molecule has 0 saturated carbocycles. The number of terminal acetylenes is 1. The van der Waals surface area contributed by atoms with E-state index < -0.39 is 12.0 Å². The molecule has 4 atom stereocenters. The SMILES string of the molecule is C#Cc1c(F)ccc2cc3[nH]ncc3c(N3CC=Cc4c(N5C[C@H]6CC[C@@H](C5)N6)nc(OC[C@@]56CCCN5C[C@H](F)C6)nc43)c12. The van der Waals surface area contributed by atoms with E-state index in [0.717, 1.165) is 78.7 Å². The van der Waals surface area contributed by atoms with Gasteiger partial charge in [-0.25, -0.2) is 8.78 Å². The van der Waals surface area contributed by atoms with Gasteiger partial charge in [-0.05, 0) is 55.8 Å². The molecule has 0 radical (unpaired) electrons. The molecule has 0 spiro atoms. The topological polar surface area (TPSA) is 85.4 Å². The fourth-order valence-electron chi connectivity index (χ4n) is 8.54. The third kappa shape index (κ3) is 4.22. The van der Waals surface area contributed by atoms with E-state index in [1.165, 1.54) is 6.07 Å². The van der Waals surface area contributed by atoms with Crippen molar-refractivity contribution in [3.63, 3.8) is 0 Å². The predicted octanol–water partition coefficient (Wildman–Crippen LogP) is 4.69. The largest absolute Gasteiger partial charge is 0.461 e. The summed E-state index contributed by atoms with van der Waals surface area (Å²) >= 11 is 0. The fourth-order valence-corrected chi connectivity index (χ4v) is 8.54. The molecule has 0 amide bonds. The van der Waals surface area contributed by atoms with Crippen LogP contribution in [0, 0.1) is 18.2 Å². The molecular weight excluding hydrogens is 574 g/mol. The van der Waals surface area contributed by atoms with E-state index in [9.17, 15) is 4.39 Å². The summed E-state index contributed by atoms with van der Waals surface area (Å²) in [6.07, 6.45) is 15.7. The highest BCUT2D eigenvalue weighted by atomic mass is 19.1. The van der Waals surface area contributed by atoms with Gasteiger partial charge in [-0.1, -0.05) is 18.1 Å². The first-order valence-electron chi connectivity index (χ1n) is 15.9. The van der Waals surface area contributed by atoms with E-state index in [2.05, 4.69) is 48.3 Å². The van der Waals surface area contributed by atoms with Gasteiger partial charge in [-0.15, -0.1) is 6.42 Å². The lowest BCUT2D eigenvalue weighted by Gasteiger charge is -2.37. The molecule has 4 saturated heterocycles. The molecule has 230 valence electrons. The van der Waals surface area contributed by atoms with E-state index in [1.807, 2.05) is 6.07 Å². The Bertz CT molecular complexity index is 1910. The van der Waals surface area contributed by atoms with Gasteiger partial charge in [0.05, 0.1) is 34.1 Å². The number of aromatic amines is 1. The number of piperazine rings is 1. The minimum Gasteiger partial charge on any atom is -0.461 e. The van der Waals surface area contributed by atoms with E-state index in [1.54, 1.807) is 12.3 Å². The minimum atomic E-state index is -0.847. The van der Waals surface area contributed by atoms with Crippen molar-refractivity contribution in [2.24, 2.45) is 0 Å². The molecule has 4 fully saturated rings. The number of ether oxygens (including phenoxy) is 1. The molecular formula is C34H34F2N8O. The van der Waals surface area contributed by atoms with Crippen molar-refractivity contribution >= 4 is 45.1 Å². The molecule has 0 unspecified atom stereocenters. The standard InChI is InChI=1S/C34H34F2N8O/c1-2-24-27(36)9-6-20-13-28-26(15-37-41-28)30(29(20)24)44-12-3-5-25-31(42-17-22-7-8-23(18-42)38-22)39-33(40-32(25)44)45-19-34-10-4-11-43(34)16-21(35)14-34/h1,3,5-6,9,13,15,21-23,38H,4,7-8,10-12,14,16-19H2,(H,37,41)/t21-,22-,23+,34+/m1/s1. The molecule has 9 nitrogen and oxygen atoms in total. The number of hydrogen-bond donors (Lipinski definition) is 2. The van der Waals surface area contributed by atoms with Crippen molar-refractivity contribution in [1.29, 1.82) is 0 Å². The number of nitrogens with zero attached hydrogens (tertiary/aromatic N) is 6. The van der Waals surface area contributed by atoms with E-state index in [4.69, 9.17) is 21.1 Å². The summed E-state index contributed by atoms with van der Waals surface area (Å²) in [7, 11) is 0. The van der Waals surface area contributed by atoms with E-state index in [0.29, 0.717) is 49.4 Å². The highest BCUT2D eigenvalue weighted by Gasteiger charge is 2.49. The van der Waals surface area contributed by atoms with Crippen molar-refractivity contribution in [3.05, 3.63) is 47.4 Å². The second-order valence-corrected chi connectivity index (χ2v) is 13.2. The highest BCUT2D eigenvalue weighted by Crippen LogP contribution is 2.45. The Morgan fingerprint density at radius 2 is 1.98 bits per heavy atom. The van der Waals surface area contributed by atoms with Gasteiger partial charge in [-0.2, -0.15) is 15.1 Å². The number of anilines is 3. The lowest BCUT2D eigenvalue weighted by Crippen LogP contribution is -2.51. The number of alkyl halides is 1. The van der Waals surface area contributed by atoms with Crippen molar-refractivity contribution < 1.29 is 13.5 Å². The molecule has 5 aliphatic rings. The number of rotatable bonds is 5. The number of benzene rings is 2. The average Bonchev–Trinajstić information content (AvgIpc) is 3.81. The smallest absolute Gasteiger partial charge is 0.320 e. The summed E-state index contributed by atoms with van der Waals surface area (Å²) in [6, 6.07) is 6.18. The zero-order valence-electron chi connectivity index (χ0n) is 24.9. The van der Waals surface area contributed by atoms with Gasteiger partial charge in [-0.3, -0.25) is 10.00 Å². The predicted molar refractivity (Wildman–Crippen MR) is 170 cm³/mol. The van der Waals surface area contributed by atoms with Gasteiger partial charge < -0.3 is 19.9 Å². The number of nitrogens with one attached hydrogen (secondary N) is 2. The third-order valence-electron chi connectivity index (χ3n) is 10.5. The lowest BCUT2D eigenvalue weighted by atomic mass is 9.95. The number of fused-ring (bicyclic) bond motifs is 6. The third-order valence-corrected chi connectivity index (χ3v) is 10.5. The van der Waals surface area contributed by atoms with Crippen LogP contribution in [0.25, 0.3) is 27.8 Å². The molecule has 0 aliphatic carbocycles. The molecule has 4 aromatic rings. The Morgan fingerprint density at radius 1 is 1.13 bits per heavy atom. The number of aromatic nitrogens is 4. The fraction of sp³-hybridized carbons (Fsp3) is 0.441. The summed E-state index contributed by atoms with van der Waals surface area (Å²) in [5, 5.41) is 13.4. The minimum absolute atomic E-state index is 0.202. The van der Waals surface area contributed by atoms with Gasteiger partial charge in [0.15, 0.2) is 0 Å². The first-order chi connectivity index (χ1) is 22.0. The Labute approximate surface area is 259 Å². The van der Waals surface area contributed by atoms with E-state index >= 15 is 4.39 Å². The number of hydrogen-bond acceptors (Lipinski definition) is 8. The zero-order chi connectivity index (χ0) is 30.3. The highest BCUT2D eigenvalue weighted by molar-refractivity contribution is 6.14. The van der Waals surface area contributed by atoms with Crippen LogP contribution in [-0.2, 0) is 0 Å². The van der Waals surface area contributed by atoms with Gasteiger partial charge in [0.1, 0.15) is 30.2 Å². The van der Waals surface area contributed by atoms with Crippen LogP contribution >= 0.6 is 0 Å². The maximum Gasteiger partial charge on any atom is 0.320 e. The van der Waals surface area contributed by atoms with Crippen LogP contribution in [0.15, 0.2) is 30.5 Å². The molecule has 7 heterocycles. The molecule has 2 aromatic carbocycles. The summed E-state index contributed by atoms with van der Waals surface area (Å²) in [4.78, 5) is 16.8. The Balaban J connectivity index is 1.21. The zero-order valence-corrected chi connectivity index (χ0v) is 24.9. The second kappa shape index (κ2) is 10.1. The molecule has 5 aliphatic heterocycles. The van der Waals surface area contributed by atoms with Crippen LogP contribution in [0.1, 0.15) is 43.2 Å². The number of H-pyrrole nitrogens is 1. The lowest BCUT2D eigenvalue weighted by molar-refractivity contribution is 0.107. The monoisotopic (exact) mass is 608 g/mol. The summed E-state index contributed by atoms with van der Waals surface area (Å²) in [5.41, 5.74) is 2.31. The van der Waals surface area contributed by atoms with E-state index in [-0.39, 0.29) is 17.1 Å². The number of halogens is 2. The summed E-state index contributed by atoms with van der Waals surface area (Å²) in [5.74, 6) is 3.64. The van der Waals surface area contributed by atoms with Crippen LogP contribution in [0.4, 0.5) is 26.1 Å². The van der Waals surface area contributed by atoms with Gasteiger partial charge in [0.2, 0.25) is 0 Å². The summed E-state index contributed by atoms with van der Waals surface area (Å²) in [6.45, 7) is 3.83. The molecule has 9 rings (SSSR count). The van der Waals surface area contributed by atoms with Crippen LogP contribution in [0.2, 0.25) is 0 Å². The van der Waals surface area contributed by atoms with Gasteiger partial charge in [0, 0.05) is 55.5 Å². The van der Waals surface area contributed by atoms with Crippen molar-refractivity contribution in [3.8, 4) is 18.4 Å². The maximum absolute atomic E-state index is 15.2. The Kier molecular flexibility index (Phi) is 6.09. The van der Waals surface area contributed by atoms with Crippen molar-refractivity contribution in [2.75, 3.05) is 49.1 Å². The Morgan fingerprint density at radius 3 is 2.82 bits per heavy atom. The van der Waals surface area contributed by atoms with Crippen LogP contribution in [0.3, 0.4) is 0 Å². The maximum atomic E-state index is 15.2. The van der Waals surface area contributed by atoms with Crippen molar-refractivity contribution in [1.82, 2.24) is 30.4 Å². The average molecular weight is 609 g/mol. The van der Waals surface area contributed by atoms with Crippen LogP contribution in [-0.4, -0.2) is 88.2 Å². The van der Waals surface area contributed by atoms with Crippen LogP contribution in [0.5, 0.6) is 6.01 Å². The normalized spacial score (nSPS) is 27.4.